The van der Waals surface area contributed by atoms with E-state index in [1.54, 1.807) is 6.07 Å². The number of aliphatic hydroxyl groups excluding tert-OH is 1. The second kappa shape index (κ2) is 9.31. The molecule has 3 aromatic rings. The topological polar surface area (TPSA) is 32.3 Å². The molecule has 0 aliphatic rings. The van der Waals surface area contributed by atoms with Crippen LogP contribution in [0.15, 0.2) is 71.2 Å². The average molecular weight is 486 g/mol. The molecule has 0 amide bonds. The summed E-state index contributed by atoms with van der Waals surface area (Å²) in [5, 5.41) is 15.8. The monoisotopic (exact) mass is 483 g/mol. The van der Waals surface area contributed by atoms with Gasteiger partial charge in [0.05, 0.1) is 22.2 Å². The van der Waals surface area contributed by atoms with Crippen molar-refractivity contribution >= 4 is 56.4 Å². The molecule has 0 saturated carbocycles. The van der Waals surface area contributed by atoms with Gasteiger partial charge in [-0.3, -0.25) is 0 Å². The van der Waals surface area contributed by atoms with Crippen LogP contribution in [0.25, 0.3) is 0 Å². The Morgan fingerprint density at radius 1 is 0.852 bits per heavy atom. The number of hydrogen-bond donors (Lipinski definition) is 2. The molecular formula is C21H17BrCl3NO. The van der Waals surface area contributed by atoms with Crippen LogP contribution in [-0.2, 0) is 0 Å². The van der Waals surface area contributed by atoms with E-state index in [4.69, 9.17) is 34.8 Å². The zero-order chi connectivity index (χ0) is 19.4. The van der Waals surface area contributed by atoms with Gasteiger partial charge in [-0.2, -0.15) is 0 Å². The number of anilines is 1. The summed E-state index contributed by atoms with van der Waals surface area (Å²) >= 11 is 21.8. The highest BCUT2D eigenvalue weighted by Gasteiger charge is 2.19. The minimum absolute atomic E-state index is 0.183. The van der Waals surface area contributed by atoms with Crippen LogP contribution in [0.5, 0.6) is 0 Å². The van der Waals surface area contributed by atoms with Crippen LogP contribution in [0.3, 0.4) is 0 Å². The lowest BCUT2D eigenvalue weighted by Gasteiger charge is -2.24. The highest BCUT2D eigenvalue weighted by Crippen LogP contribution is 2.33. The number of rotatable bonds is 6. The maximum absolute atomic E-state index is 10.8. The SMILES string of the molecule is OC(CC(Nc1cccc(Cl)c1)c1ccc(Cl)c(Cl)c1)c1ccc(Br)cc1. The van der Waals surface area contributed by atoms with Crippen LogP contribution in [0.1, 0.15) is 29.7 Å². The highest BCUT2D eigenvalue weighted by atomic mass is 79.9. The Hall–Kier alpha value is -1.23. The first kappa shape index (κ1) is 20.5. The normalized spacial score (nSPS) is 13.2. The Morgan fingerprint density at radius 2 is 1.56 bits per heavy atom. The number of halogens is 4. The second-order valence-electron chi connectivity index (χ2n) is 6.18. The quantitative estimate of drug-likeness (QED) is 0.375. The molecule has 0 saturated heterocycles. The molecule has 6 heteroatoms. The molecule has 2 nitrogen and oxygen atoms in total. The molecule has 27 heavy (non-hydrogen) atoms. The van der Waals surface area contributed by atoms with Crippen LogP contribution in [-0.4, -0.2) is 5.11 Å². The third kappa shape index (κ3) is 5.63. The van der Waals surface area contributed by atoms with Gasteiger partial charge in [0.25, 0.3) is 0 Å². The predicted molar refractivity (Wildman–Crippen MR) is 118 cm³/mol. The molecule has 2 N–H and O–H groups in total. The fourth-order valence-electron chi connectivity index (χ4n) is 2.83. The Bertz CT molecular complexity index is 918. The molecule has 0 aliphatic heterocycles. The van der Waals surface area contributed by atoms with E-state index in [1.807, 2.05) is 60.7 Å². The third-order valence-corrected chi connectivity index (χ3v) is 5.73. The van der Waals surface area contributed by atoms with Gasteiger partial charge in [0.1, 0.15) is 0 Å². The van der Waals surface area contributed by atoms with E-state index < -0.39 is 6.10 Å². The van der Waals surface area contributed by atoms with Crippen molar-refractivity contribution in [2.45, 2.75) is 18.6 Å². The predicted octanol–water partition coefficient (Wildman–Crippen LogP) is 7.69. The van der Waals surface area contributed by atoms with E-state index >= 15 is 0 Å². The van der Waals surface area contributed by atoms with Gasteiger partial charge in [-0.25, -0.2) is 0 Å². The molecule has 3 aromatic carbocycles. The number of hydrogen-bond acceptors (Lipinski definition) is 2. The summed E-state index contributed by atoms with van der Waals surface area (Å²) in [7, 11) is 0. The van der Waals surface area contributed by atoms with Crippen molar-refractivity contribution in [3.8, 4) is 0 Å². The van der Waals surface area contributed by atoms with Crippen LogP contribution < -0.4 is 5.32 Å². The second-order valence-corrected chi connectivity index (χ2v) is 8.35. The Labute approximate surface area is 182 Å². The van der Waals surface area contributed by atoms with Crippen molar-refractivity contribution in [3.63, 3.8) is 0 Å². The van der Waals surface area contributed by atoms with Crippen LogP contribution in [0.2, 0.25) is 15.1 Å². The average Bonchev–Trinajstić information content (AvgIpc) is 2.64. The van der Waals surface area contributed by atoms with Gasteiger partial charge < -0.3 is 10.4 Å². The van der Waals surface area contributed by atoms with Gasteiger partial charge in [0.2, 0.25) is 0 Å². The molecule has 2 unspecified atom stereocenters. The number of nitrogens with one attached hydrogen (secondary N) is 1. The van der Waals surface area contributed by atoms with Gasteiger partial charge in [-0.15, -0.1) is 0 Å². The Morgan fingerprint density at radius 3 is 2.22 bits per heavy atom. The molecule has 0 aliphatic carbocycles. The van der Waals surface area contributed by atoms with Crippen LogP contribution >= 0.6 is 50.7 Å². The van der Waals surface area contributed by atoms with Crippen molar-refractivity contribution < 1.29 is 5.11 Å². The van der Waals surface area contributed by atoms with Crippen molar-refractivity contribution in [1.82, 2.24) is 0 Å². The minimum atomic E-state index is -0.649. The third-order valence-electron chi connectivity index (χ3n) is 4.23. The molecule has 0 aromatic heterocycles. The summed E-state index contributed by atoms with van der Waals surface area (Å²) in [6.45, 7) is 0. The maximum atomic E-state index is 10.8. The smallest absolute Gasteiger partial charge is 0.0813 e. The summed E-state index contributed by atoms with van der Waals surface area (Å²) in [6, 6.07) is 20.4. The Balaban J connectivity index is 1.88. The van der Waals surface area contributed by atoms with Gasteiger partial charge in [0.15, 0.2) is 0 Å². The molecule has 0 bridgehead atoms. The fourth-order valence-corrected chi connectivity index (χ4v) is 3.59. The zero-order valence-electron chi connectivity index (χ0n) is 14.2. The summed E-state index contributed by atoms with van der Waals surface area (Å²) in [6.07, 6.45) is -0.198. The molecule has 0 radical (unpaired) electrons. The summed E-state index contributed by atoms with van der Waals surface area (Å²) < 4.78 is 0.969. The van der Waals surface area contributed by atoms with E-state index in [-0.39, 0.29) is 6.04 Å². The maximum Gasteiger partial charge on any atom is 0.0813 e. The molecule has 2 atom stereocenters. The molecular weight excluding hydrogens is 469 g/mol. The first-order valence-corrected chi connectivity index (χ1v) is 10.3. The van der Waals surface area contributed by atoms with Gasteiger partial charge >= 0.3 is 0 Å². The van der Waals surface area contributed by atoms with Crippen molar-refractivity contribution in [1.29, 1.82) is 0 Å². The molecule has 0 heterocycles. The van der Waals surface area contributed by atoms with Crippen LogP contribution in [0.4, 0.5) is 5.69 Å². The molecule has 0 fully saturated rings. The lowest BCUT2D eigenvalue weighted by molar-refractivity contribution is 0.160. The largest absolute Gasteiger partial charge is 0.388 e. The van der Waals surface area contributed by atoms with E-state index in [0.717, 1.165) is 21.3 Å². The summed E-state index contributed by atoms with van der Waals surface area (Å²) in [5.74, 6) is 0. The van der Waals surface area contributed by atoms with Gasteiger partial charge in [0, 0.05) is 21.6 Å². The van der Waals surface area contributed by atoms with Crippen LogP contribution in [0, 0.1) is 0 Å². The standard InChI is InChI=1S/C21H17BrCl3NO/c22-15-7-4-13(5-8-15)21(27)12-20(14-6-9-18(24)19(25)10-14)26-17-3-1-2-16(23)11-17/h1-11,20-21,26-27H,12H2. The van der Waals surface area contributed by atoms with Gasteiger partial charge in [-0.05, 0) is 53.6 Å². The molecule has 140 valence electrons. The summed E-state index contributed by atoms with van der Waals surface area (Å²) in [4.78, 5) is 0. The first-order valence-electron chi connectivity index (χ1n) is 8.33. The molecule has 0 spiro atoms. The molecule has 3 rings (SSSR count). The van der Waals surface area contributed by atoms with E-state index in [9.17, 15) is 5.11 Å². The van der Waals surface area contributed by atoms with Crippen molar-refractivity contribution in [3.05, 3.63) is 97.4 Å². The zero-order valence-corrected chi connectivity index (χ0v) is 18.0. The van der Waals surface area contributed by atoms with Crippen molar-refractivity contribution in [2.75, 3.05) is 5.32 Å². The lowest BCUT2D eigenvalue weighted by atomic mass is 9.96. The highest BCUT2D eigenvalue weighted by molar-refractivity contribution is 9.10. The lowest BCUT2D eigenvalue weighted by Crippen LogP contribution is -2.15. The van der Waals surface area contributed by atoms with E-state index in [0.29, 0.717) is 21.5 Å². The number of aliphatic hydroxyl groups is 1. The van der Waals surface area contributed by atoms with E-state index in [1.165, 1.54) is 0 Å². The minimum Gasteiger partial charge on any atom is -0.388 e. The fraction of sp³-hybridized carbons (Fsp3) is 0.143. The Kier molecular flexibility index (Phi) is 7.07. The van der Waals surface area contributed by atoms with E-state index in [2.05, 4.69) is 21.2 Å². The van der Waals surface area contributed by atoms with Crippen molar-refractivity contribution in [2.24, 2.45) is 0 Å². The number of benzene rings is 3. The first-order chi connectivity index (χ1) is 12.9. The van der Waals surface area contributed by atoms with Gasteiger partial charge in [-0.1, -0.05) is 75.0 Å². The summed E-state index contributed by atoms with van der Waals surface area (Å²) in [5.41, 5.74) is 2.64.